The van der Waals surface area contributed by atoms with Crippen molar-refractivity contribution in [1.29, 1.82) is 0 Å². The van der Waals surface area contributed by atoms with E-state index < -0.39 is 48.5 Å². The summed E-state index contributed by atoms with van der Waals surface area (Å²) in [6, 6.07) is 9.35. The summed E-state index contributed by atoms with van der Waals surface area (Å²) in [6.07, 6.45) is 9.97. The number of carbonyl (C=O) groups is 3. The van der Waals surface area contributed by atoms with Crippen LogP contribution in [0.2, 0.25) is 0 Å². The molecule has 2 N–H and O–H groups in total. The molecule has 1 unspecified atom stereocenters. The minimum atomic E-state index is -4.23. The van der Waals surface area contributed by atoms with Crippen LogP contribution in [0.15, 0.2) is 53.9 Å². The molecule has 2 aliphatic heterocycles. The topological polar surface area (TPSA) is 157 Å². The SMILES string of the molecule is COc1ccc2c(O[C@@H]3C[C@H]4C(=O)C[C@]5(P(=O)(O)Cc6c(C)cccc6F)C[C@H]5/C=C\CCCCC[C@H](CC(=O)OC5CCCC5)C(=O)N4C3)cc(-c3csc(NC(C)C)n3)nc2c1C. The summed E-state index contributed by atoms with van der Waals surface area (Å²) >= 11 is 1.47. The van der Waals surface area contributed by atoms with E-state index in [9.17, 15) is 14.3 Å². The maximum Gasteiger partial charge on any atom is 0.306 e. The van der Waals surface area contributed by atoms with E-state index in [1.807, 2.05) is 56.5 Å². The third-order valence-corrected chi connectivity index (χ3v) is 17.5. The number of anilines is 1. The van der Waals surface area contributed by atoms with E-state index in [2.05, 4.69) is 5.32 Å². The zero-order chi connectivity index (χ0) is 46.0. The van der Waals surface area contributed by atoms with Crippen LogP contribution in [0.4, 0.5) is 9.52 Å². The lowest BCUT2D eigenvalue weighted by Crippen LogP contribution is -2.45. The van der Waals surface area contributed by atoms with Crippen LogP contribution in [0.25, 0.3) is 22.3 Å². The van der Waals surface area contributed by atoms with Gasteiger partial charge in [0.2, 0.25) is 13.3 Å². The molecule has 1 saturated heterocycles. The summed E-state index contributed by atoms with van der Waals surface area (Å²) in [5.41, 5.74) is 3.44. The zero-order valence-corrected chi connectivity index (χ0v) is 39.9. The normalized spacial score (nSPS) is 25.6. The van der Waals surface area contributed by atoms with E-state index in [0.29, 0.717) is 58.6 Å². The summed E-state index contributed by atoms with van der Waals surface area (Å²) < 4.78 is 48.4. The number of hydrogen-bond acceptors (Lipinski definition) is 11. The van der Waals surface area contributed by atoms with Crippen LogP contribution in [0.1, 0.15) is 114 Å². The van der Waals surface area contributed by atoms with Crippen molar-refractivity contribution >= 4 is 52.4 Å². The number of nitrogens with one attached hydrogen (secondary N) is 1. The molecule has 4 heterocycles. The summed E-state index contributed by atoms with van der Waals surface area (Å²) in [5, 5.41) is 5.43. The number of amides is 1. The largest absolute Gasteiger partial charge is 0.496 e. The zero-order valence-electron chi connectivity index (χ0n) is 38.1. The Morgan fingerprint density at radius 1 is 1.03 bits per heavy atom. The fourth-order valence-corrected chi connectivity index (χ4v) is 13.7. The molecule has 15 heteroatoms. The first-order chi connectivity index (χ1) is 31.2. The molecular formula is C50H62FN4O8PS. The minimum Gasteiger partial charge on any atom is -0.496 e. The number of benzene rings is 2. The van der Waals surface area contributed by atoms with Gasteiger partial charge in [0, 0.05) is 52.8 Å². The summed E-state index contributed by atoms with van der Waals surface area (Å²) in [6.45, 7) is 7.79. The summed E-state index contributed by atoms with van der Waals surface area (Å²) in [5.74, 6) is -1.58. The van der Waals surface area contributed by atoms with Crippen molar-refractivity contribution in [2.45, 2.75) is 147 Å². The standard InChI is InChI=1S/C50H62FN4O8PS/c1-30(2)52-49-54-41(29-65-49)40-24-45(37-20-21-44(61-5)32(4)47(37)53-40)62-36-23-42-43(56)26-50(64(59,60)28-38-31(3)14-13-19-39(38)51)25-34(50)16-10-8-6-7-9-15-33(48(58)55(42)27-36)22-46(57)63-35-17-11-12-18-35/h10,13-14,16,19-21,24,29-30,33-36,42H,6-9,11-12,15,17-18,22-23,25-28H2,1-5H3,(H,52,54)(H,59,60)/b16-10-/t33-,34-,36-,42+,50-/m1/s1. The van der Waals surface area contributed by atoms with Crippen LogP contribution in [0.3, 0.4) is 0 Å². The number of carbonyl (C=O) groups excluding carboxylic acids is 3. The number of allylic oxidation sites excluding steroid dienone is 2. The molecule has 2 aromatic carbocycles. The van der Waals surface area contributed by atoms with E-state index in [4.69, 9.17) is 24.2 Å². The molecule has 2 saturated carbocycles. The molecule has 8 rings (SSSR count). The highest BCUT2D eigenvalue weighted by Crippen LogP contribution is 2.74. The van der Waals surface area contributed by atoms with Gasteiger partial charge in [-0.25, -0.2) is 14.4 Å². The Morgan fingerprint density at radius 2 is 1.82 bits per heavy atom. The van der Waals surface area contributed by atoms with Crippen LogP contribution in [0, 0.1) is 31.5 Å². The minimum absolute atomic E-state index is 0.0540. The third kappa shape index (κ3) is 10.2. The molecular weight excluding hydrogens is 867 g/mol. The second-order valence-electron chi connectivity index (χ2n) is 18.9. The second-order valence-corrected chi connectivity index (χ2v) is 22.4. The first-order valence-corrected chi connectivity index (χ1v) is 26.0. The van der Waals surface area contributed by atoms with Crippen LogP contribution in [-0.2, 0) is 29.8 Å². The monoisotopic (exact) mass is 928 g/mol. The van der Waals surface area contributed by atoms with E-state index >= 15 is 14.0 Å². The third-order valence-electron chi connectivity index (χ3n) is 13.9. The van der Waals surface area contributed by atoms with Gasteiger partial charge in [-0.3, -0.25) is 18.9 Å². The highest BCUT2D eigenvalue weighted by molar-refractivity contribution is 7.59. The van der Waals surface area contributed by atoms with Gasteiger partial charge in [-0.1, -0.05) is 37.1 Å². The molecule has 4 aliphatic rings. The predicted octanol–water partition coefficient (Wildman–Crippen LogP) is 10.5. The van der Waals surface area contributed by atoms with Gasteiger partial charge in [0.25, 0.3) is 0 Å². The number of methoxy groups -OCH3 is 1. The van der Waals surface area contributed by atoms with Gasteiger partial charge in [-0.15, -0.1) is 11.3 Å². The fraction of sp³-hybridized carbons (Fsp3) is 0.540. The van der Waals surface area contributed by atoms with Crippen molar-refractivity contribution in [3.05, 3.63) is 76.4 Å². The van der Waals surface area contributed by atoms with Gasteiger partial charge in [-0.2, -0.15) is 0 Å². The van der Waals surface area contributed by atoms with Crippen molar-refractivity contribution in [1.82, 2.24) is 14.9 Å². The van der Waals surface area contributed by atoms with Crippen molar-refractivity contribution in [2.24, 2.45) is 11.8 Å². The lowest BCUT2D eigenvalue weighted by atomic mass is 9.94. The fourth-order valence-electron chi connectivity index (χ4n) is 10.2. The van der Waals surface area contributed by atoms with Gasteiger partial charge in [0.15, 0.2) is 10.9 Å². The van der Waals surface area contributed by atoms with Gasteiger partial charge in [0.1, 0.15) is 35.2 Å². The quantitative estimate of drug-likeness (QED) is 0.0792. The molecule has 2 aromatic heterocycles. The van der Waals surface area contributed by atoms with Crippen molar-refractivity contribution in [3.8, 4) is 22.9 Å². The van der Waals surface area contributed by atoms with Crippen LogP contribution < -0.4 is 14.8 Å². The van der Waals surface area contributed by atoms with E-state index in [0.717, 1.165) is 55.6 Å². The summed E-state index contributed by atoms with van der Waals surface area (Å²) in [7, 11) is -2.63. The average Bonchev–Trinajstić information content (AvgIpc) is 3.68. The number of Topliss-reactive ketones (excluding diaryl/α,β-unsaturated/α-hetero) is 1. The molecule has 6 atom stereocenters. The first kappa shape index (κ1) is 46.9. The Bertz CT molecular complexity index is 2490. The van der Waals surface area contributed by atoms with Gasteiger partial charge >= 0.3 is 5.97 Å². The molecule has 1 amide bonds. The number of aromatic nitrogens is 2. The maximum absolute atomic E-state index is 15.2. The molecule has 0 radical (unpaired) electrons. The molecule has 4 aromatic rings. The number of pyridine rings is 1. The van der Waals surface area contributed by atoms with E-state index in [1.165, 1.54) is 17.4 Å². The number of nitrogens with zero attached hydrogens (tertiary/aromatic N) is 3. The Morgan fingerprint density at radius 3 is 2.57 bits per heavy atom. The molecule has 65 heavy (non-hydrogen) atoms. The highest BCUT2D eigenvalue weighted by atomic mass is 32.1. The number of rotatable bonds is 12. The van der Waals surface area contributed by atoms with Crippen LogP contribution in [0.5, 0.6) is 11.5 Å². The number of aryl methyl sites for hydroxylation is 2. The number of halogens is 1. The predicted molar refractivity (Wildman–Crippen MR) is 251 cm³/mol. The molecule has 348 valence electrons. The maximum atomic E-state index is 15.2. The lowest BCUT2D eigenvalue weighted by molar-refractivity contribution is -0.154. The van der Waals surface area contributed by atoms with Crippen LogP contribution in [-0.4, -0.2) is 80.5 Å². The lowest BCUT2D eigenvalue weighted by Gasteiger charge is -2.30. The van der Waals surface area contributed by atoms with Gasteiger partial charge in [0.05, 0.1) is 48.6 Å². The van der Waals surface area contributed by atoms with Crippen molar-refractivity contribution in [2.75, 3.05) is 19.0 Å². The Balaban J connectivity index is 1.15. The van der Waals surface area contributed by atoms with E-state index in [1.54, 1.807) is 31.1 Å². The molecule has 2 aliphatic carbocycles. The van der Waals surface area contributed by atoms with Gasteiger partial charge in [-0.05, 0) is 109 Å². The number of esters is 1. The van der Waals surface area contributed by atoms with Crippen LogP contribution >= 0.6 is 18.7 Å². The highest BCUT2D eigenvalue weighted by Gasteiger charge is 2.65. The number of thiazole rings is 1. The number of ether oxygens (including phenoxy) is 3. The van der Waals surface area contributed by atoms with Crippen molar-refractivity contribution < 1.29 is 42.4 Å². The molecule has 0 spiro atoms. The van der Waals surface area contributed by atoms with Gasteiger partial charge < -0.3 is 29.3 Å². The van der Waals surface area contributed by atoms with E-state index in [-0.39, 0.29) is 61.1 Å². The Hall–Kier alpha value is -4.65. The molecule has 0 bridgehead atoms. The first-order valence-electron chi connectivity index (χ1n) is 23.3. The summed E-state index contributed by atoms with van der Waals surface area (Å²) in [4.78, 5) is 67.0. The second kappa shape index (κ2) is 19.7. The molecule has 3 fully saturated rings. The number of ketones is 1. The smallest absolute Gasteiger partial charge is 0.306 e. The Labute approximate surface area is 385 Å². The molecule has 12 nitrogen and oxygen atoms in total. The average molecular weight is 929 g/mol. The number of fused-ring (bicyclic) bond motifs is 3. The number of hydrogen-bond donors (Lipinski definition) is 2. The Kier molecular flexibility index (Phi) is 14.2. The van der Waals surface area contributed by atoms with Crippen molar-refractivity contribution in [3.63, 3.8) is 0 Å².